The molecule has 3 heteroatoms. The minimum Gasteiger partial charge on any atom is -0.441 e. The van der Waals surface area contributed by atoms with E-state index in [0.29, 0.717) is 5.89 Å². The normalized spacial score (nSPS) is 10.2. The molecule has 66 valence electrons. The minimum atomic E-state index is 0.664. The second kappa shape index (κ2) is 2.94. The summed E-state index contributed by atoms with van der Waals surface area (Å²) in [5.74, 6) is 1.42. The number of rotatable bonds is 1. The van der Waals surface area contributed by atoms with Crippen molar-refractivity contribution < 1.29 is 4.42 Å². The molecule has 0 atom stereocenters. The Balaban J connectivity index is 2.46. The summed E-state index contributed by atoms with van der Waals surface area (Å²) in [6.45, 7) is 1.82. The second-order valence-electron chi connectivity index (χ2n) is 2.87. The Labute approximate surface area is 76.2 Å². The quantitative estimate of drug-likeness (QED) is 0.674. The van der Waals surface area contributed by atoms with Crippen LogP contribution in [0.25, 0.3) is 11.3 Å². The number of oxazole rings is 1. The highest BCUT2D eigenvalue weighted by Crippen LogP contribution is 2.21. The summed E-state index contributed by atoms with van der Waals surface area (Å²) in [7, 11) is 0. The monoisotopic (exact) mass is 174 g/mol. The van der Waals surface area contributed by atoms with Crippen molar-refractivity contribution in [3.63, 3.8) is 0 Å². The van der Waals surface area contributed by atoms with E-state index < -0.39 is 0 Å². The van der Waals surface area contributed by atoms with Crippen LogP contribution in [0.3, 0.4) is 0 Å². The fourth-order valence-electron chi connectivity index (χ4n) is 1.19. The highest BCUT2D eigenvalue weighted by Gasteiger charge is 2.02. The first kappa shape index (κ1) is 7.86. The predicted molar refractivity (Wildman–Crippen MR) is 51.1 cm³/mol. The van der Waals surface area contributed by atoms with E-state index in [2.05, 4.69) is 4.98 Å². The molecule has 2 aromatic rings. The molecular formula is C10H10N2O. The molecule has 0 fully saturated rings. The largest absolute Gasteiger partial charge is 0.441 e. The number of benzene rings is 1. The molecule has 0 saturated heterocycles. The van der Waals surface area contributed by atoms with Gasteiger partial charge < -0.3 is 10.2 Å². The number of anilines is 1. The summed E-state index contributed by atoms with van der Waals surface area (Å²) in [4.78, 5) is 4.02. The van der Waals surface area contributed by atoms with Gasteiger partial charge in [-0.1, -0.05) is 12.1 Å². The van der Waals surface area contributed by atoms with E-state index in [1.54, 1.807) is 6.20 Å². The van der Waals surface area contributed by atoms with Crippen molar-refractivity contribution in [2.24, 2.45) is 0 Å². The van der Waals surface area contributed by atoms with Gasteiger partial charge in [0.15, 0.2) is 11.7 Å². The lowest BCUT2D eigenvalue weighted by Crippen LogP contribution is -1.83. The van der Waals surface area contributed by atoms with Gasteiger partial charge in [0.2, 0.25) is 0 Å². The first-order chi connectivity index (χ1) is 6.25. The van der Waals surface area contributed by atoms with E-state index in [-0.39, 0.29) is 0 Å². The van der Waals surface area contributed by atoms with Crippen LogP contribution < -0.4 is 5.73 Å². The fourth-order valence-corrected chi connectivity index (χ4v) is 1.19. The zero-order valence-electron chi connectivity index (χ0n) is 7.32. The maximum atomic E-state index is 5.64. The van der Waals surface area contributed by atoms with Gasteiger partial charge in [0.1, 0.15) is 0 Å². The lowest BCUT2D eigenvalue weighted by Gasteiger charge is -1.96. The highest BCUT2D eigenvalue weighted by molar-refractivity contribution is 5.61. The smallest absolute Gasteiger partial charge is 0.191 e. The van der Waals surface area contributed by atoms with Crippen LogP contribution in [0.2, 0.25) is 0 Å². The van der Waals surface area contributed by atoms with E-state index in [0.717, 1.165) is 17.0 Å². The number of aryl methyl sites for hydroxylation is 1. The molecule has 3 nitrogen and oxygen atoms in total. The van der Waals surface area contributed by atoms with Crippen LogP contribution in [0.4, 0.5) is 5.69 Å². The van der Waals surface area contributed by atoms with Crippen molar-refractivity contribution in [1.82, 2.24) is 4.98 Å². The first-order valence-electron chi connectivity index (χ1n) is 4.04. The van der Waals surface area contributed by atoms with Crippen LogP contribution in [0.5, 0.6) is 0 Å². The zero-order chi connectivity index (χ0) is 9.26. The van der Waals surface area contributed by atoms with Gasteiger partial charge in [-0.15, -0.1) is 0 Å². The van der Waals surface area contributed by atoms with Crippen LogP contribution in [-0.2, 0) is 0 Å². The molecule has 0 aliphatic rings. The maximum Gasteiger partial charge on any atom is 0.191 e. The van der Waals surface area contributed by atoms with Crippen LogP contribution in [0, 0.1) is 6.92 Å². The van der Waals surface area contributed by atoms with Gasteiger partial charge in [-0.05, 0) is 12.1 Å². The minimum absolute atomic E-state index is 0.664. The number of aromatic nitrogens is 1. The van der Waals surface area contributed by atoms with Gasteiger partial charge in [0.05, 0.1) is 6.20 Å². The van der Waals surface area contributed by atoms with Gasteiger partial charge >= 0.3 is 0 Å². The third-order valence-corrected chi connectivity index (χ3v) is 1.79. The van der Waals surface area contributed by atoms with E-state index in [9.17, 15) is 0 Å². The summed E-state index contributed by atoms with van der Waals surface area (Å²) in [5, 5.41) is 0. The number of nitrogens with two attached hydrogens (primary N) is 1. The molecule has 0 aliphatic heterocycles. The molecule has 0 bridgehead atoms. The van der Waals surface area contributed by atoms with Gasteiger partial charge in [-0.3, -0.25) is 0 Å². The molecule has 0 radical (unpaired) electrons. The lowest BCUT2D eigenvalue weighted by molar-refractivity contribution is 0.534. The second-order valence-corrected chi connectivity index (χ2v) is 2.87. The van der Waals surface area contributed by atoms with E-state index in [1.807, 2.05) is 31.2 Å². The van der Waals surface area contributed by atoms with E-state index >= 15 is 0 Å². The Kier molecular flexibility index (Phi) is 1.77. The molecule has 0 aliphatic carbocycles. The van der Waals surface area contributed by atoms with Gasteiger partial charge in [0, 0.05) is 18.2 Å². The van der Waals surface area contributed by atoms with Crippen molar-refractivity contribution >= 4 is 5.69 Å². The predicted octanol–water partition coefficient (Wildman–Crippen LogP) is 2.23. The number of nitrogens with zero attached hydrogens (tertiary/aromatic N) is 1. The summed E-state index contributed by atoms with van der Waals surface area (Å²) < 4.78 is 5.36. The molecule has 0 saturated carbocycles. The number of hydrogen-bond donors (Lipinski definition) is 1. The molecule has 1 aromatic heterocycles. The molecule has 13 heavy (non-hydrogen) atoms. The van der Waals surface area contributed by atoms with E-state index in [4.69, 9.17) is 10.2 Å². The number of nitrogen functional groups attached to an aromatic ring is 1. The summed E-state index contributed by atoms with van der Waals surface area (Å²) in [6.07, 6.45) is 1.70. The molecule has 0 amide bonds. The third kappa shape index (κ3) is 1.54. The Bertz CT molecular complexity index is 420. The van der Waals surface area contributed by atoms with Crippen molar-refractivity contribution in [1.29, 1.82) is 0 Å². The van der Waals surface area contributed by atoms with Crippen molar-refractivity contribution in [2.75, 3.05) is 5.73 Å². The molecule has 0 unspecified atom stereocenters. The Morgan fingerprint density at radius 2 is 2.23 bits per heavy atom. The van der Waals surface area contributed by atoms with E-state index in [1.165, 1.54) is 0 Å². The topological polar surface area (TPSA) is 52.0 Å². The SMILES string of the molecule is Cc1ncc(-c2cccc(N)c2)o1. The van der Waals surface area contributed by atoms with Crippen molar-refractivity contribution in [2.45, 2.75) is 6.92 Å². The maximum absolute atomic E-state index is 5.64. The van der Waals surface area contributed by atoms with Crippen molar-refractivity contribution in [3.05, 3.63) is 36.4 Å². The molecule has 1 aromatic carbocycles. The Morgan fingerprint density at radius 3 is 2.85 bits per heavy atom. The van der Waals surface area contributed by atoms with Crippen LogP contribution in [0.1, 0.15) is 5.89 Å². The van der Waals surface area contributed by atoms with Crippen LogP contribution in [-0.4, -0.2) is 4.98 Å². The van der Waals surface area contributed by atoms with Crippen LogP contribution in [0.15, 0.2) is 34.9 Å². The summed E-state index contributed by atoms with van der Waals surface area (Å²) >= 11 is 0. The molecule has 1 heterocycles. The molecular weight excluding hydrogens is 164 g/mol. The molecule has 0 spiro atoms. The Morgan fingerprint density at radius 1 is 1.38 bits per heavy atom. The zero-order valence-corrected chi connectivity index (χ0v) is 7.32. The standard InChI is InChI=1S/C10H10N2O/c1-7-12-6-10(13-7)8-3-2-4-9(11)5-8/h2-6H,11H2,1H3. The number of hydrogen-bond acceptors (Lipinski definition) is 3. The van der Waals surface area contributed by atoms with Gasteiger partial charge in [-0.2, -0.15) is 0 Å². The Hall–Kier alpha value is -1.77. The van der Waals surface area contributed by atoms with Gasteiger partial charge in [0.25, 0.3) is 0 Å². The lowest BCUT2D eigenvalue weighted by atomic mass is 10.2. The fraction of sp³-hybridized carbons (Fsp3) is 0.100. The third-order valence-electron chi connectivity index (χ3n) is 1.79. The first-order valence-corrected chi connectivity index (χ1v) is 4.04. The molecule has 2 rings (SSSR count). The summed E-state index contributed by atoms with van der Waals surface area (Å²) in [6, 6.07) is 7.53. The van der Waals surface area contributed by atoms with Gasteiger partial charge in [-0.25, -0.2) is 4.98 Å². The van der Waals surface area contributed by atoms with Crippen LogP contribution >= 0.6 is 0 Å². The molecule has 2 N–H and O–H groups in total. The average molecular weight is 174 g/mol. The average Bonchev–Trinajstić information content (AvgIpc) is 2.52. The highest BCUT2D eigenvalue weighted by atomic mass is 16.4. The van der Waals surface area contributed by atoms with Crippen molar-refractivity contribution in [3.8, 4) is 11.3 Å². The summed E-state index contributed by atoms with van der Waals surface area (Å²) in [5.41, 5.74) is 7.33.